The molecule has 3 aliphatic rings. The van der Waals surface area contributed by atoms with Crippen molar-refractivity contribution in [3.63, 3.8) is 0 Å². The summed E-state index contributed by atoms with van der Waals surface area (Å²) in [5.74, 6) is -1.50. The maximum atomic E-state index is 13.2. The average molecular weight is 460 g/mol. The standard InChI is InChI=1S/C22H41NO7Si/c1-13(2)31(14(3)4,15(5)6)26-12-23(24)20-19-18(29-22(9,10)30-19)17(27-20)16-11-25-21(7,8)28-16/h12-20H,11H2,1-10H3/b23-12-/t16-,17+,18-,19-,20-/m0/s1. The molecule has 5 atom stereocenters. The molecule has 3 aliphatic heterocycles. The van der Waals surface area contributed by atoms with Crippen LogP contribution in [0.2, 0.25) is 16.6 Å². The van der Waals surface area contributed by atoms with Gasteiger partial charge in [0.15, 0.2) is 17.7 Å². The zero-order valence-corrected chi connectivity index (χ0v) is 21.7. The molecule has 0 saturated carbocycles. The first kappa shape index (κ1) is 24.9. The van der Waals surface area contributed by atoms with Gasteiger partial charge in [-0.1, -0.05) is 41.5 Å². The maximum absolute atomic E-state index is 13.2. The van der Waals surface area contributed by atoms with Crippen molar-refractivity contribution in [2.45, 2.75) is 128 Å². The number of hydroxylamine groups is 1. The van der Waals surface area contributed by atoms with Gasteiger partial charge in [0, 0.05) is 0 Å². The molecular formula is C22H41NO7Si. The molecule has 9 heteroatoms. The van der Waals surface area contributed by atoms with Crippen molar-refractivity contribution in [1.82, 2.24) is 0 Å². The van der Waals surface area contributed by atoms with Crippen LogP contribution < -0.4 is 0 Å². The molecule has 180 valence electrons. The van der Waals surface area contributed by atoms with Crippen LogP contribution in [0.1, 0.15) is 69.2 Å². The minimum Gasteiger partial charge on any atom is -0.620 e. The second-order valence-corrected chi connectivity index (χ2v) is 16.2. The largest absolute Gasteiger partial charge is 0.620 e. The van der Waals surface area contributed by atoms with E-state index in [1.807, 2.05) is 27.7 Å². The highest BCUT2D eigenvalue weighted by Crippen LogP contribution is 2.44. The van der Waals surface area contributed by atoms with Gasteiger partial charge in [-0.15, -0.1) is 4.74 Å². The molecule has 0 aromatic rings. The van der Waals surface area contributed by atoms with E-state index in [1.54, 1.807) is 0 Å². The van der Waals surface area contributed by atoms with E-state index in [0.717, 1.165) is 4.74 Å². The van der Waals surface area contributed by atoms with Crippen LogP contribution >= 0.6 is 0 Å². The lowest BCUT2D eigenvalue weighted by Crippen LogP contribution is -2.48. The fraction of sp³-hybridized carbons (Fsp3) is 0.955. The van der Waals surface area contributed by atoms with Crippen LogP contribution in [0.5, 0.6) is 0 Å². The van der Waals surface area contributed by atoms with Crippen molar-refractivity contribution in [2.75, 3.05) is 6.61 Å². The van der Waals surface area contributed by atoms with Crippen molar-refractivity contribution >= 4 is 14.7 Å². The zero-order chi connectivity index (χ0) is 23.4. The summed E-state index contributed by atoms with van der Waals surface area (Å²) in [5, 5.41) is 13.2. The van der Waals surface area contributed by atoms with Crippen LogP contribution in [-0.4, -0.2) is 68.3 Å². The lowest BCUT2D eigenvalue weighted by molar-refractivity contribution is -0.567. The molecule has 0 aromatic heterocycles. The van der Waals surface area contributed by atoms with Crippen LogP contribution in [0.25, 0.3) is 0 Å². The predicted molar refractivity (Wildman–Crippen MR) is 119 cm³/mol. The third-order valence-corrected chi connectivity index (χ3v) is 12.7. The SMILES string of the molecule is CC(C)[Si](O/C=[N+](\[O-])[C@H]1O[C@H]([C@@H]2COC(C)(C)O2)[C@@H]2OC(C)(C)O[C@@H]21)(C(C)C)C(C)C. The predicted octanol–water partition coefficient (Wildman–Crippen LogP) is 4.11. The highest BCUT2D eigenvalue weighted by molar-refractivity contribution is 6.78. The molecular weight excluding hydrogens is 418 g/mol. The van der Waals surface area contributed by atoms with Crippen molar-refractivity contribution in [3.05, 3.63) is 5.21 Å². The topological polar surface area (TPSA) is 81.5 Å². The molecule has 0 radical (unpaired) electrons. The maximum Gasteiger partial charge on any atom is 0.324 e. The summed E-state index contributed by atoms with van der Waals surface area (Å²) in [6.45, 7) is 20.9. The van der Waals surface area contributed by atoms with Crippen LogP contribution in [-0.2, 0) is 28.1 Å². The molecule has 0 amide bonds. The van der Waals surface area contributed by atoms with Gasteiger partial charge < -0.3 is 33.3 Å². The molecule has 3 saturated heterocycles. The molecule has 0 aromatic carbocycles. The molecule has 0 unspecified atom stereocenters. The quantitative estimate of drug-likeness (QED) is 0.141. The summed E-state index contributed by atoms with van der Waals surface area (Å²) in [4.78, 5) is 0. The molecule has 8 nitrogen and oxygen atoms in total. The van der Waals surface area contributed by atoms with Crippen molar-refractivity contribution < 1.29 is 32.8 Å². The number of rotatable bonds is 7. The summed E-state index contributed by atoms with van der Waals surface area (Å²) < 4.78 is 37.2. The molecule has 0 spiro atoms. The third kappa shape index (κ3) is 4.68. The summed E-state index contributed by atoms with van der Waals surface area (Å²) in [6.07, 6.45) is -1.32. The molecule has 3 fully saturated rings. The highest BCUT2D eigenvalue weighted by atomic mass is 28.4. The molecule has 3 heterocycles. The lowest BCUT2D eigenvalue weighted by atomic mass is 10.1. The Morgan fingerprint density at radius 2 is 1.42 bits per heavy atom. The van der Waals surface area contributed by atoms with E-state index in [1.165, 1.54) is 6.40 Å². The Hall–Kier alpha value is -0.713. The molecule has 31 heavy (non-hydrogen) atoms. The highest BCUT2D eigenvalue weighted by Gasteiger charge is 2.62. The van der Waals surface area contributed by atoms with Gasteiger partial charge in [-0.05, 0) is 44.3 Å². The fourth-order valence-corrected chi connectivity index (χ4v) is 10.7. The third-order valence-electron chi connectivity index (χ3n) is 6.78. The fourth-order valence-electron chi connectivity index (χ4n) is 5.60. The molecule has 0 bridgehead atoms. The van der Waals surface area contributed by atoms with Crippen molar-refractivity contribution in [1.29, 1.82) is 0 Å². The van der Waals surface area contributed by atoms with E-state index >= 15 is 0 Å². The van der Waals surface area contributed by atoms with Crippen LogP contribution in [0, 0.1) is 5.21 Å². The van der Waals surface area contributed by atoms with E-state index in [2.05, 4.69) is 41.5 Å². The summed E-state index contributed by atoms with van der Waals surface area (Å²) in [7, 11) is -2.23. The van der Waals surface area contributed by atoms with Gasteiger partial charge >= 0.3 is 6.40 Å². The number of hydrogen-bond acceptors (Lipinski definition) is 7. The monoisotopic (exact) mass is 459 g/mol. The van der Waals surface area contributed by atoms with E-state index in [4.69, 9.17) is 28.1 Å². The minimum absolute atomic E-state index is 0.338. The van der Waals surface area contributed by atoms with Gasteiger partial charge in [-0.25, -0.2) is 0 Å². The Kier molecular flexibility index (Phi) is 6.89. The van der Waals surface area contributed by atoms with Crippen LogP contribution in [0.3, 0.4) is 0 Å². The average Bonchev–Trinajstić information content (AvgIpc) is 3.23. The van der Waals surface area contributed by atoms with E-state index in [0.29, 0.717) is 23.2 Å². The second kappa shape index (κ2) is 8.57. The smallest absolute Gasteiger partial charge is 0.324 e. The van der Waals surface area contributed by atoms with Gasteiger partial charge in [0.05, 0.1) is 6.61 Å². The second-order valence-electron chi connectivity index (χ2n) is 10.8. The normalized spacial score (nSPS) is 35.4. The number of hydrogen-bond donors (Lipinski definition) is 0. The van der Waals surface area contributed by atoms with Gasteiger partial charge in [0.2, 0.25) is 0 Å². The number of nitrogens with zero attached hydrogens (tertiary/aromatic N) is 1. The van der Waals surface area contributed by atoms with Gasteiger partial charge in [-0.3, -0.25) is 0 Å². The summed E-state index contributed by atoms with van der Waals surface area (Å²) >= 11 is 0. The first-order valence-electron chi connectivity index (χ1n) is 11.5. The summed E-state index contributed by atoms with van der Waals surface area (Å²) in [6, 6.07) is 0. The Morgan fingerprint density at radius 3 is 1.90 bits per heavy atom. The van der Waals surface area contributed by atoms with Crippen molar-refractivity contribution in [3.8, 4) is 0 Å². The van der Waals surface area contributed by atoms with E-state index in [-0.39, 0.29) is 6.10 Å². The first-order chi connectivity index (χ1) is 14.2. The number of fused-ring (bicyclic) bond motifs is 1. The van der Waals surface area contributed by atoms with Crippen LogP contribution in [0.4, 0.5) is 0 Å². The van der Waals surface area contributed by atoms with Gasteiger partial charge in [-0.2, -0.15) is 0 Å². The van der Waals surface area contributed by atoms with E-state index in [9.17, 15) is 5.21 Å². The van der Waals surface area contributed by atoms with E-state index < -0.39 is 44.4 Å². The Morgan fingerprint density at radius 1 is 0.871 bits per heavy atom. The van der Waals surface area contributed by atoms with Gasteiger partial charge in [0.25, 0.3) is 14.5 Å². The molecule has 0 N–H and O–H groups in total. The Bertz CT molecular complexity index is 657. The Labute approximate surface area is 187 Å². The lowest BCUT2D eigenvalue weighted by Gasteiger charge is -2.40. The van der Waals surface area contributed by atoms with Crippen molar-refractivity contribution in [2.24, 2.45) is 0 Å². The first-order valence-corrected chi connectivity index (χ1v) is 13.6. The summed E-state index contributed by atoms with van der Waals surface area (Å²) in [5.41, 5.74) is 1.08. The molecule has 3 rings (SSSR count). The van der Waals surface area contributed by atoms with Gasteiger partial charge in [0.1, 0.15) is 18.3 Å². The number of ether oxygens (including phenoxy) is 5. The zero-order valence-electron chi connectivity index (χ0n) is 20.7. The van der Waals surface area contributed by atoms with Crippen LogP contribution in [0.15, 0.2) is 0 Å². The molecule has 0 aliphatic carbocycles. The minimum atomic E-state index is -2.23. The Balaban J connectivity index is 1.83.